The van der Waals surface area contributed by atoms with E-state index >= 15 is 0 Å². The van der Waals surface area contributed by atoms with Gasteiger partial charge in [-0.3, -0.25) is 0 Å². The molecule has 0 amide bonds. The number of hydrogen-bond donors (Lipinski definition) is 0. The minimum Gasteiger partial charge on any atom is -0.454 e. The van der Waals surface area contributed by atoms with Crippen LogP contribution in [0.5, 0.6) is 23.1 Å². The summed E-state index contributed by atoms with van der Waals surface area (Å²) in [5.41, 5.74) is 2.96. The highest BCUT2D eigenvalue weighted by molar-refractivity contribution is 5.85. The Balaban J connectivity index is 0.00000336. The number of anilines is 1. The zero-order valence-corrected chi connectivity index (χ0v) is 22.9. The molecule has 0 fully saturated rings. The van der Waals surface area contributed by atoms with E-state index in [-0.39, 0.29) is 19.2 Å². The zero-order chi connectivity index (χ0) is 25.8. The van der Waals surface area contributed by atoms with Gasteiger partial charge >= 0.3 is 0 Å². The molecule has 0 bridgehead atoms. The molecule has 9 nitrogen and oxygen atoms in total. The molecule has 2 aromatic carbocycles. The molecule has 0 aliphatic carbocycles. The van der Waals surface area contributed by atoms with Crippen LogP contribution in [-0.4, -0.2) is 65.4 Å². The average molecular weight is 537 g/mol. The van der Waals surface area contributed by atoms with Crippen LogP contribution in [0.2, 0.25) is 0 Å². The van der Waals surface area contributed by atoms with E-state index in [1.54, 1.807) is 12.5 Å². The predicted octanol–water partition coefficient (Wildman–Crippen LogP) is 4.89. The highest BCUT2D eigenvalue weighted by Crippen LogP contribution is 2.34. The highest BCUT2D eigenvalue weighted by Gasteiger charge is 2.18. The average Bonchev–Trinajstić information content (AvgIpc) is 3.58. The fraction of sp³-hybridized carbons (Fsp3) is 0.321. The van der Waals surface area contributed by atoms with Gasteiger partial charge < -0.3 is 28.6 Å². The fourth-order valence-corrected chi connectivity index (χ4v) is 4.25. The van der Waals surface area contributed by atoms with Gasteiger partial charge in [0, 0.05) is 38.1 Å². The van der Waals surface area contributed by atoms with Crippen molar-refractivity contribution in [3.8, 4) is 28.8 Å². The van der Waals surface area contributed by atoms with Crippen LogP contribution in [-0.2, 0) is 6.42 Å². The minimum absolute atomic E-state index is 0. The molecule has 0 unspecified atom stereocenters. The Morgan fingerprint density at radius 2 is 1.76 bits per heavy atom. The summed E-state index contributed by atoms with van der Waals surface area (Å²) in [5, 5.41) is 0. The van der Waals surface area contributed by atoms with Crippen molar-refractivity contribution in [2.75, 3.05) is 45.9 Å². The second-order valence-electron chi connectivity index (χ2n) is 9.40. The first-order valence-corrected chi connectivity index (χ1v) is 12.3. The maximum atomic E-state index is 6.31. The van der Waals surface area contributed by atoms with E-state index in [1.807, 2.05) is 60.2 Å². The molecule has 38 heavy (non-hydrogen) atoms. The molecule has 5 rings (SSSR count). The van der Waals surface area contributed by atoms with Gasteiger partial charge in [-0.05, 0) is 75.9 Å². The third kappa shape index (κ3) is 6.35. The Bertz CT molecular complexity index is 1350. The number of benzene rings is 2. The summed E-state index contributed by atoms with van der Waals surface area (Å²) in [4.78, 5) is 18.3. The first-order valence-electron chi connectivity index (χ1n) is 12.3. The van der Waals surface area contributed by atoms with Crippen molar-refractivity contribution in [1.82, 2.24) is 24.4 Å². The van der Waals surface area contributed by atoms with Gasteiger partial charge in [0.25, 0.3) is 0 Å². The molecule has 0 saturated heterocycles. The molecule has 0 N–H and O–H groups in total. The number of aromatic nitrogens is 4. The maximum absolute atomic E-state index is 6.31. The smallest absolute Gasteiger partial charge is 0.231 e. The van der Waals surface area contributed by atoms with Crippen molar-refractivity contribution < 1.29 is 14.2 Å². The molecule has 0 spiro atoms. The molecule has 4 aromatic rings. The summed E-state index contributed by atoms with van der Waals surface area (Å²) in [5.74, 6) is 4.33. The lowest BCUT2D eigenvalue weighted by Gasteiger charge is -2.23. The van der Waals surface area contributed by atoms with Gasteiger partial charge in [0.2, 0.25) is 12.7 Å². The lowest BCUT2D eigenvalue weighted by molar-refractivity contribution is 0.174. The molecule has 3 heterocycles. The molecule has 1 aliphatic rings. The summed E-state index contributed by atoms with van der Waals surface area (Å²) >= 11 is 0. The van der Waals surface area contributed by atoms with E-state index in [4.69, 9.17) is 24.2 Å². The van der Waals surface area contributed by atoms with Crippen LogP contribution in [0.4, 0.5) is 5.82 Å². The molecular weight excluding hydrogens is 504 g/mol. The van der Waals surface area contributed by atoms with E-state index in [0.29, 0.717) is 23.9 Å². The lowest BCUT2D eigenvalue weighted by Crippen LogP contribution is -2.25. The van der Waals surface area contributed by atoms with E-state index in [0.717, 1.165) is 53.6 Å². The van der Waals surface area contributed by atoms with Crippen LogP contribution in [0.3, 0.4) is 0 Å². The standard InChI is InChI=1S/C28H32N6O3.ClH/c1-20-27(33(4)14-5-13-32(2)3)30-26(17-21-6-11-24-25(16-21)36-19-35-24)31-28(20)37-23-9-7-22(8-10-23)34-15-12-29-18-34;/h6-12,15-16,18H,5,13-14,17,19H2,1-4H3;1H. The summed E-state index contributed by atoms with van der Waals surface area (Å²) in [6.07, 6.45) is 7.01. The Labute approximate surface area is 229 Å². The van der Waals surface area contributed by atoms with Crippen LogP contribution in [0.25, 0.3) is 5.69 Å². The quantitative estimate of drug-likeness (QED) is 0.283. The van der Waals surface area contributed by atoms with Crippen molar-refractivity contribution >= 4 is 18.2 Å². The van der Waals surface area contributed by atoms with Crippen molar-refractivity contribution in [1.29, 1.82) is 0 Å². The Morgan fingerprint density at radius 1 is 0.974 bits per heavy atom. The summed E-state index contributed by atoms with van der Waals surface area (Å²) in [7, 11) is 6.24. The third-order valence-electron chi connectivity index (χ3n) is 6.24. The largest absolute Gasteiger partial charge is 0.454 e. The number of imidazole rings is 1. The zero-order valence-electron chi connectivity index (χ0n) is 22.1. The SMILES string of the molecule is Cc1c(Oc2ccc(-n3ccnc3)cc2)nc(Cc2ccc3c(c2)OCO3)nc1N(C)CCCN(C)C.Cl. The number of nitrogens with zero attached hydrogens (tertiary/aromatic N) is 6. The van der Waals surface area contributed by atoms with Crippen LogP contribution in [0.15, 0.2) is 61.2 Å². The monoisotopic (exact) mass is 536 g/mol. The Kier molecular flexibility index (Phi) is 8.70. The molecule has 200 valence electrons. The van der Waals surface area contributed by atoms with E-state index < -0.39 is 0 Å². The fourth-order valence-electron chi connectivity index (χ4n) is 4.25. The molecule has 0 atom stereocenters. The Morgan fingerprint density at radius 3 is 2.50 bits per heavy atom. The maximum Gasteiger partial charge on any atom is 0.231 e. The van der Waals surface area contributed by atoms with Gasteiger partial charge in [0.15, 0.2) is 11.5 Å². The van der Waals surface area contributed by atoms with Crippen molar-refractivity contribution in [2.45, 2.75) is 19.8 Å². The molecule has 0 saturated carbocycles. The number of hydrogen-bond acceptors (Lipinski definition) is 8. The van der Waals surface area contributed by atoms with E-state index in [2.05, 4.69) is 35.9 Å². The summed E-state index contributed by atoms with van der Waals surface area (Å²) in [6.45, 7) is 4.14. The predicted molar refractivity (Wildman–Crippen MR) is 149 cm³/mol. The summed E-state index contributed by atoms with van der Waals surface area (Å²) < 4.78 is 19.3. The number of fused-ring (bicyclic) bond motifs is 1. The van der Waals surface area contributed by atoms with E-state index in [9.17, 15) is 0 Å². The number of rotatable bonds is 10. The van der Waals surface area contributed by atoms with Crippen molar-refractivity contribution in [2.24, 2.45) is 0 Å². The molecule has 1 aliphatic heterocycles. The second kappa shape index (κ2) is 12.1. The number of halogens is 1. The third-order valence-corrected chi connectivity index (χ3v) is 6.24. The van der Waals surface area contributed by atoms with Crippen LogP contribution >= 0.6 is 12.4 Å². The molecule has 2 aromatic heterocycles. The normalized spacial score (nSPS) is 11.9. The lowest BCUT2D eigenvalue weighted by atomic mass is 10.1. The van der Waals surface area contributed by atoms with Crippen molar-refractivity contribution in [3.05, 3.63) is 78.1 Å². The highest BCUT2D eigenvalue weighted by atomic mass is 35.5. The van der Waals surface area contributed by atoms with E-state index in [1.165, 1.54) is 0 Å². The van der Waals surface area contributed by atoms with Gasteiger partial charge in [0.05, 0.1) is 11.9 Å². The Hall–Kier alpha value is -3.82. The van der Waals surface area contributed by atoms with Crippen LogP contribution in [0, 0.1) is 6.92 Å². The van der Waals surface area contributed by atoms with Crippen LogP contribution in [0.1, 0.15) is 23.4 Å². The topological polar surface area (TPSA) is 77.8 Å². The molecule has 0 radical (unpaired) electrons. The van der Waals surface area contributed by atoms with Gasteiger partial charge in [-0.1, -0.05) is 6.07 Å². The van der Waals surface area contributed by atoms with Crippen molar-refractivity contribution in [3.63, 3.8) is 0 Å². The first kappa shape index (κ1) is 27.2. The number of ether oxygens (including phenoxy) is 3. The van der Waals surface area contributed by atoms with Gasteiger partial charge in [-0.25, -0.2) is 9.97 Å². The van der Waals surface area contributed by atoms with Gasteiger partial charge in [-0.2, -0.15) is 4.98 Å². The first-order chi connectivity index (χ1) is 18.0. The van der Waals surface area contributed by atoms with Gasteiger partial charge in [0.1, 0.15) is 17.4 Å². The molecular formula is C28H33ClN6O3. The molecule has 10 heteroatoms. The minimum atomic E-state index is 0. The summed E-state index contributed by atoms with van der Waals surface area (Å²) in [6, 6.07) is 13.8. The van der Waals surface area contributed by atoms with Crippen LogP contribution < -0.4 is 19.1 Å². The van der Waals surface area contributed by atoms with Gasteiger partial charge in [-0.15, -0.1) is 12.4 Å². The second-order valence-corrected chi connectivity index (χ2v) is 9.40.